The molecule has 0 unspecified atom stereocenters. The lowest BCUT2D eigenvalue weighted by Crippen LogP contribution is -2.49. The van der Waals surface area contributed by atoms with Crippen molar-refractivity contribution in [2.75, 3.05) is 25.0 Å². The van der Waals surface area contributed by atoms with Gasteiger partial charge < -0.3 is 15.5 Å². The average molecular weight is 349 g/mol. The summed E-state index contributed by atoms with van der Waals surface area (Å²) in [5.41, 5.74) is 1.65. The zero-order valence-corrected chi connectivity index (χ0v) is 14.1. The molecule has 0 aliphatic carbocycles. The number of aromatic nitrogens is 3. The van der Waals surface area contributed by atoms with Crippen molar-refractivity contribution in [3.05, 3.63) is 36.9 Å². The Labute approximate surface area is 146 Å². The topological polar surface area (TPSA) is 75.1 Å². The molecule has 2 N–H and O–H groups in total. The number of urea groups is 1. The molecule has 2 aromatic rings. The number of halogens is 1. The van der Waals surface area contributed by atoms with Gasteiger partial charge in [-0.15, -0.1) is 12.4 Å². The van der Waals surface area contributed by atoms with Gasteiger partial charge in [0.2, 0.25) is 0 Å². The largest absolute Gasteiger partial charge is 0.322 e. The lowest BCUT2D eigenvalue weighted by Gasteiger charge is -2.36. The van der Waals surface area contributed by atoms with E-state index in [0.717, 1.165) is 37.4 Å². The van der Waals surface area contributed by atoms with Crippen LogP contribution in [0, 0.1) is 5.92 Å². The van der Waals surface area contributed by atoms with Crippen molar-refractivity contribution in [2.45, 2.75) is 18.9 Å². The number of hydrogen-bond acceptors (Lipinski definition) is 4. The van der Waals surface area contributed by atoms with Crippen LogP contribution in [0.25, 0.3) is 5.69 Å². The molecule has 4 heterocycles. The van der Waals surface area contributed by atoms with Crippen LogP contribution in [0.3, 0.4) is 0 Å². The average Bonchev–Trinajstić information content (AvgIpc) is 2.92. The van der Waals surface area contributed by atoms with Gasteiger partial charge in [-0.1, -0.05) is 6.07 Å². The van der Waals surface area contributed by atoms with Gasteiger partial charge in [0, 0.05) is 24.8 Å². The highest BCUT2D eigenvalue weighted by Gasteiger charge is 2.34. The first-order valence-corrected chi connectivity index (χ1v) is 8.03. The van der Waals surface area contributed by atoms with Crippen LogP contribution < -0.4 is 10.6 Å². The number of carbonyl (C=O) groups excluding carboxylic acids is 1. The molecule has 24 heavy (non-hydrogen) atoms. The van der Waals surface area contributed by atoms with E-state index in [2.05, 4.69) is 20.7 Å². The van der Waals surface area contributed by atoms with E-state index in [1.165, 1.54) is 12.7 Å². The Morgan fingerprint density at radius 2 is 2.21 bits per heavy atom. The molecule has 8 heteroatoms. The number of amides is 2. The molecule has 1 aromatic heterocycles. The molecule has 0 radical (unpaired) electrons. The Hall–Kier alpha value is -2.12. The fourth-order valence-corrected chi connectivity index (χ4v) is 3.45. The third-order valence-corrected chi connectivity index (χ3v) is 4.66. The molecule has 1 aromatic carbocycles. The maximum Gasteiger partial charge on any atom is 0.322 e. The van der Waals surface area contributed by atoms with Gasteiger partial charge in [-0.25, -0.2) is 14.5 Å². The predicted molar refractivity (Wildman–Crippen MR) is 93.7 cm³/mol. The lowest BCUT2D eigenvalue weighted by molar-refractivity contribution is 0.153. The number of hydrogen-bond donors (Lipinski definition) is 2. The SMILES string of the molecule is Cl.O=C(Nc1cccc(-n2cncn2)c1)N1C[C@@H]2CC[C@H]1CNC2. The molecule has 7 nitrogen and oxygen atoms in total. The standard InChI is InChI=1S/C16H20N6O.ClH/c23-16(21-9-12-4-5-15(21)8-17-7-12)20-13-2-1-3-14(6-13)22-11-18-10-19-22;/h1-3,6,10-12,15,17H,4-5,7-9H2,(H,20,23);1H/t12-,15+;/m1./s1. The van der Waals surface area contributed by atoms with Gasteiger partial charge in [0.25, 0.3) is 0 Å². The first-order valence-electron chi connectivity index (χ1n) is 8.03. The van der Waals surface area contributed by atoms with Gasteiger partial charge >= 0.3 is 6.03 Å². The fourth-order valence-electron chi connectivity index (χ4n) is 3.45. The summed E-state index contributed by atoms with van der Waals surface area (Å²) in [7, 11) is 0. The van der Waals surface area contributed by atoms with E-state index in [4.69, 9.17) is 0 Å². The minimum atomic E-state index is -0.0147. The van der Waals surface area contributed by atoms with Crippen molar-refractivity contribution >= 4 is 24.1 Å². The zero-order chi connectivity index (χ0) is 15.6. The van der Waals surface area contributed by atoms with Crippen LogP contribution in [0.1, 0.15) is 12.8 Å². The molecule has 3 aliphatic heterocycles. The van der Waals surface area contributed by atoms with Crippen LogP contribution >= 0.6 is 12.4 Å². The normalized spacial score (nSPS) is 22.6. The predicted octanol–water partition coefficient (Wildman–Crippen LogP) is 1.90. The molecule has 2 amide bonds. The molecule has 128 valence electrons. The molecule has 3 fully saturated rings. The number of carbonyl (C=O) groups is 1. The summed E-state index contributed by atoms with van der Waals surface area (Å²) in [4.78, 5) is 18.6. The smallest absolute Gasteiger partial charge is 0.320 e. The van der Waals surface area contributed by atoms with Crippen molar-refractivity contribution < 1.29 is 4.79 Å². The van der Waals surface area contributed by atoms with Crippen molar-refractivity contribution in [3.8, 4) is 5.69 Å². The second-order valence-corrected chi connectivity index (χ2v) is 6.23. The van der Waals surface area contributed by atoms with Crippen LogP contribution in [0.15, 0.2) is 36.9 Å². The van der Waals surface area contributed by atoms with Gasteiger partial charge in [-0.05, 0) is 43.5 Å². The van der Waals surface area contributed by atoms with Gasteiger partial charge in [0.15, 0.2) is 0 Å². The Balaban J connectivity index is 0.00000169. The van der Waals surface area contributed by atoms with Gasteiger partial charge in [0.1, 0.15) is 12.7 Å². The number of benzene rings is 1. The Morgan fingerprint density at radius 1 is 1.29 bits per heavy atom. The fraction of sp³-hybridized carbons (Fsp3) is 0.438. The van der Waals surface area contributed by atoms with E-state index in [0.29, 0.717) is 12.0 Å². The minimum absolute atomic E-state index is 0. The highest BCUT2D eigenvalue weighted by Crippen LogP contribution is 2.25. The van der Waals surface area contributed by atoms with E-state index in [-0.39, 0.29) is 18.4 Å². The highest BCUT2D eigenvalue weighted by atomic mass is 35.5. The number of fused-ring (bicyclic) bond motifs is 4. The minimum Gasteiger partial charge on any atom is -0.320 e. The third kappa shape index (κ3) is 3.37. The molecule has 0 saturated carbocycles. The van der Waals surface area contributed by atoms with Crippen LogP contribution in [0.4, 0.5) is 10.5 Å². The monoisotopic (exact) mass is 348 g/mol. The Bertz CT molecular complexity index is 688. The Kier molecular flexibility index (Phi) is 5.01. The van der Waals surface area contributed by atoms with Crippen LogP contribution in [0.5, 0.6) is 0 Å². The molecule has 5 rings (SSSR count). The first-order chi connectivity index (χ1) is 11.3. The molecule has 3 aliphatic rings. The Morgan fingerprint density at radius 3 is 3.04 bits per heavy atom. The van der Waals surface area contributed by atoms with Crippen molar-refractivity contribution in [1.29, 1.82) is 0 Å². The summed E-state index contributed by atoms with van der Waals surface area (Å²) >= 11 is 0. The van der Waals surface area contributed by atoms with E-state index >= 15 is 0 Å². The number of anilines is 1. The maximum absolute atomic E-state index is 12.7. The third-order valence-electron chi connectivity index (χ3n) is 4.66. The summed E-state index contributed by atoms with van der Waals surface area (Å²) in [6.45, 7) is 2.75. The van der Waals surface area contributed by atoms with Crippen LogP contribution in [0.2, 0.25) is 0 Å². The summed E-state index contributed by atoms with van der Waals surface area (Å²) in [5.74, 6) is 0.570. The van der Waals surface area contributed by atoms with E-state index in [1.54, 1.807) is 11.0 Å². The molecule has 2 atom stereocenters. The summed E-state index contributed by atoms with van der Waals surface area (Å²) in [5, 5.41) is 10.6. The van der Waals surface area contributed by atoms with Gasteiger partial charge in [-0.3, -0.25) is 0 Å². The van der Waals surface area contributed by atoms with E-state index in [1.807, 2.05) is 29.2 Å². The van der Waals surface area contributed by atoms with Gasteiger partial charge in [0.05, 0.1) is 5.69 Å². The second-order valence-electron chi connectivity index (χ2n) is 6.23. The summed E-state index contributed by atoms with van der Waals surface area (Å²) < 4.78 is 1.67. The molecule has 2 bridgehead atoms. The molecule has 3 saturated heterocycles. The van der Waals surface area contributed by atoms with Crippen molar-refractivity contribution in [2.24, 2.45) is 5.92 Å². The van der Waals surface area contributed by atoms with Gasteiger partial charge in [-0.2, -0.15) is 5.10 Å². The van der Waals surface area contributed by atoms with E-state index in [9.17, 15) is 4.79 Å². The summed E-state index contributed by atoms with van der Waals surface area (Å²) in [6, 6.07) is 7.92. The number of piperidine rings is 1. The van der Waals surface area contributed by atoms with Crippen molar-refractivity contribution in [1.82, 2.24) is 25.0 Å². The zero-order valence-electron chi connectivity index (χ0n) is 13.3. The van der Waals surface area contributed by atoms with E-state index < -0.39 is 0 Å². The highest BCUT2D eigenvalue weighted by molar-refractivity contribution is 5.90. The lowest BCUT2D eigenvalue weighted by atomic mass is 9.95. The molecule has 0 spiro atoms. The molecular formula is C16H21ClN6O. The van der Waals surface area contributed by atoms with Crippen LogP contribution in [-0.4, -0.2) is 51.4 Å². The number of nitrogens with zero attached hydrogens (tertiary/aromatic N) is 4. The molecular weight excluding hydrogens is 328 g/mol. The number of nitrogens with one attached hydrogen (secondary N) is 2. The van der Waals surface area contributed by atoms with Crippen LogP contribution in [-0.2, 0) is 0 Å². The second kappa shape index (κ2) is 7.19. The quantitative estimate of drug-likeness (QED) is 0.869. The van der Waals surface area contributed by atoms with Crippen molar-refractivity contribution in [3.63, 3.8) is 0 Å². The maximum atomic E-state index is 12.7. The first kappa shape index (κ1) is 16.7. The summed E-state index contributed by atoms with van der Waals surface area (Å²) in [6.07, 6.45) is 5.43. The number of rotatable bonds is 2.